The minimum Gasteiger partial charge on any atom is -0.416 e. The van der Waals surface area contributed by atoms with Crippen molar-refractivity contribution in [1.29, 1.82) is 0 Å². The quantitative estimate of drug-likeness (QED) is 0.488. The van der Waals surface area contributed by atoms with Gasteiger partial charge in [0, 0.05) is 7.11 Å². The highest BCUT2D eigenvalue weighted by Crippen LogP contribution is 2.21. The zero-order valence-corrected chi connectivity index (χ0v) is 6.48. The van der Waals surface area contributed by atoms with Crippen molar-refractivity contribution in [2.75, 3.05) is 7.11 Å². The predicted molar refractivity (Wildman–Crippen MR) is 37.2 cm³/mol. The van der Waals surface area contributed by atoms with E-state index in [2.05, 4.69) is 18.3 Å². The Bertz CT molecular complexity index is 111. The van der Waals surface area contributed by atoms with Crippen molar-refractivity contribution in [2.45, 2.75) is 19.0 Å². The molecule has 1 aliphatic rings. The maximum absolute atomic E-state index is 5.35. The third-order valence-electron chi connectivity index (χ3n) is 1.74. The summed E-state index contributed by atoms with van der Waals surface area (Å²) < 4.78 is 5.35. The van der Waals surface area contributed by atoms with E-state index in [-0.39, 0.29) is 0 Å². The van der Waals surface area contributed by atoms with Crippen LogP contribution >= 0.6 is 0 Å². The Labute approximate surface area is 51.5 Å². The highest BCUT2D eigenvalue weighted by atomic mass is 28.4. The van der Waals surface area contributed by atoms with Gasteiger partial charge >= 0.3 is 0 Å². The van der Waals surface area contributed by atoms with Gasteiger partial charge < -0.3 is 4.43 Å². The summed E-state index contributed by atoms with van der Waals surface area (Å²) in [5, 5.41) is 0. The Balaban J connectivity index is 2.54. The minimum absolute atomic E-state index is 1.23. The van der Waals surface area contributed by atoms with Crippen LogP contribution in [0.15, 0.2) is 11.8 Å². The molecule has 1 atom stereocenters. The lowest BCUT2D eigenvalue weighted by Gasteiger charge is -2.14. The first-order valence-electron chi connectivity index (χ1n) is 3.00. The van der Waals surface area contributed by atoms with E-state index in [1.807, 2.05) is 7.11 Å². The molecule has 2 heteroatoms. The molecule has 0 bridgehead atoms. The van der Waals surface area contributed by atoms with Gasteiger partial charge in [-0.05, 0) is 19.0 Å². The molecule has 1 aliphatic heterocycles. The molecule has 0 amide bonds. The fourth-order valence-electron chi connectivity index (χ4n) is 0.956. The van der Waals surface area contributed by atoms with Crippen molar-refractivity contribution < 1.29 is 4.43 Å². The smallest absolute Gasteiger partial charge is 0.213 e. The van der Waals surface area contributed by atoms with Crippen molar-refractivity contribution in [3.63, 3.8) is 0 Å². The number of allylic oxidation sites excluding steroid dienone is 1. The molecule has 0 fully saturated rings. The molecule has 46 valence electrons. The Morgan fingerprint density at radius 1 is 1.62 bits per heavy atom. The average Bonchev–Trinajstić information content (AvgIpc) is 2.17. The summed E-state index contributed by atoms with van der Waals surface area (Å²) in [6, 6.07) is 1.28. The molecule has 1 nitrogen and oxygen atoms in total. The molecule has 1 heterocycles. The Morgan fingerprint density at radius 3 is 2.62 bits per heavy atom. The molecule has 1 unspecified atom stereocenters. The maximum atomic E-state index is 5.35. The van der Waals surface area contributed by atoms with Gasteiger partial charge in [0.15, 0.2) is 0 Å². The first kappa shape index (κ1) is 6.04. The van der Waals surface area contributed by atoms with E-state index in [0.717, 1.165) is 0 Å². The average molecular weight is 128 g/mol. The van der Waals surface area contributed by atoms with Crippen LogP contribution in [0.25, 0.3) is 0 Å². The van der Waals surface area contributed by atoms with E-state index in [1.165, 1.54) is 12.5 Å². The van der Waals surface area contributed by atoms with Crippen molar-refractivity contribution >= 4 is 8.32 Å². The summed E-state index contributed by atoms with van der Waals surface area (Å²) in [6.45, 7) is 2.25. The molecule has 0 spiro atoms. The lowest BCUT2D eigenvalue weighted by molar-refractivity contribution is 0.410. The van der Waals surface area contributed by atoms with Gasteiger partial charge in [0.2, 0.25) is 8.32 Å². The predicted octanol–water partition coefficient (Wildman–Crippen LogP) is 1.71. The van der Waals surface area contributed by atoms with Crippen LogP contribution in [0.5, 0.6) is 0 Å². The third kappa shape index (κ3) is 1.01. The van der Waals surface area contributed by atoms with E-state index >= 15 is 0 Å². The molecule has 0 radical (unpaired) electrons. The minimum atomic E-state index is -1.24. The standard InChI is InChI=1S/C6H12OSi/c1-7-8(2)5-3-4-6-8/h3,5H,4,6H2,1-2H3. The number of rotatable bonds is 1. The van der Waals surface area contributed by atoms with Gasteiger partial charge in [0.25, 0.3) is 0 Å². The monoisotopic (exact) mass is 128 g/mol. The summed E-state index contributed by atoms with van der Waals surface area (Å²) in [6.07, 6.45) is 3.46. The van der Waals surface area contributed by atoms with Gasteiger partial charge in [-0.3, -0.25) is 0 Å². The second kappa shape index (κ2) is 2.03. The molecular weight excluding hydrogens is 116 g/mol. The first-order chi connectivity index (χ1) is 3.77. The summed E-state index contributed by atoms with van der Waals surface area (Å²) in [5.41, 5.74) is 2.27. The normalized spacial score (nSPS) is 36.2. The second-order valence-electron chi connectivity index (χ2n) is 2.46. The summed E-state index contributed by atoms with van der Waals surface area (Å²) in [4.78, 5) is 0. The highest BCUT2D eigenvalue weighted by Gasteiger charge is 2.26. The van der Waals surface area contributed by atoms with Crippen molar-refractivity contribution in [3.8, 4) is 0 Å². The third-order valence-corrected chi connectivity index (χ3v) is 4.90. The molecule has 0 aromatic heterocycles. The fraction of sp³-hybridized carbons (Fsp3) is 0.667. The molecule has 0 aliphatic carbocycles. The van der Waals surface area contributed by atoms with Gasteiger partial charge in [0.05, 0.1) is 0 Å². The van der Waals surface area contributed by atoms with E-state index in [0.29, 0.717) is 0 Å². The molecule has 1 rings (SSSR count). The van der Waals surface area contributed by atoms with E-state index in [4.69, 9.17) is 4.43 Å². The molecule has 0 aromatic carbocycles. The van der Waals surface area contributed by atoms with Gasteiger partial charge in [-0.2, -0.15) is 0 Å². The lowest BCUT2D eigenvalue weighted by Crippen LogP contribution is -2.27. The van der Waals surface area contributed by atoms with Crippen molar-refractivity contribution in [1.82, 2.24) is 0 Å². The Kier molecular flexibility index (Phi) is 1.53. The zero-order valence-electron chi connectivity index (χ0n) is 5.48. The van der Waals surface area contributed by atoms with E-state index in [1.54, 1.807) is 0 Å². The summed E-state index contributed by atoms with van der Waals surface area (Å²) in [7, 11) is 0.581. The first-order valence-corrected chi connectivity index (χ1v) is 5.69. The second-order valence-corrected chi connectivity index (χ2v) is 6.32. The lowest BCUT2D eigenvalue weighted by atomic mass is 10.5. The van der Waals surface area contributed by atoms with E-state index < -0.39 is 8.32 Å². The van der Waals surface area contributed by atoms with Gasteiger partial charge in [-0.1, -0.05) is 11.8 Å². The van der Waals surface area contributed by atoms with Crippen molar-refractivity contribution in [2.24, 2.45) is 0 Å². The number of hydrogen-bond donors (Lipinski definition) is 0. The van der Waals surface area contributed by atoms with Crippen LogP contribution in [0.4, 0.5) is 0 Å². The highest BCUT2D eigenvalue weighted by molar-refractivity contribution is 6.78. The van der Waals surface area contributed by atoms with Crippen LogP contribution in [0, 0.1) is 0 Å². The van der Waals surface area contributed by atoms with Crippen LogP contribution < -0.4 is 0 Å². The number of hydrogen-bond acceptors (Lipinski definition) is 1. The Morgan fingerprint density at radius 2 is 2.38 bits per heavy atom. The van der Waals surface area contributed by atoms with Crippen LogP contribution in [0.2, 0.25) is 12.6 Å². The van der Waals surface area contributed by atoms with Crippen LogP contribution in [-0.2, 0) is 4.43 Å². The topological polar surface area (TPSA) is 9.23 Å². The van der Waals surface area contributed by atoms with Gasteiger partial charge in [-0.25, -0.2) is 0 Å². The largest absolute Gasteiger partial charge is 0.416 e. The SMILES string of the molecule is CO[Si]1(C)C=CCC1. The molecular formula is C6H12OSi. The molecule has 0 aromatic rings. The molecule has 0 N–H and O–H groups in total. The van der Waals surface area contributed by atoms with E-state index in [9.17, 15) is 0 Å². The molecule has 0 saturated heterocycles. The van der Waals surface area contributed by atoms with Crippen LogP contribution in [0.3, 0.4) is 0 Å². The van der Waals surface area contributed by atoms with Crippen molar-refractivity contribution in [3.05, 3.63) is 11.8 Å². The van der Waals surface area contributed by atoms with Gasteiger partial charge in [-0.15, -0.1) is 0 Å². The summed E-state index contributed by atoms with van der Waals surface area (Å²) >= 11 is 0. The van der Waals surface area contributed by atoms with Crippen LogP contribution in [-0.4, -0.2) is 15.4 Å². The molecule has 8 heavy (non-hydrogen) atoms. The Hall–Kier alpha value is -0.0831. The zero-order chi connectivity index (χ0) is 6.04. The summed E-state index contributed by atoms with van der Waals surface area (Å²) in [5.74, 6) is 0. The maximum Gasteiger partial charge on any atom is 0.213 e. The van der Waals surface area contributed by atoms with Crippen LogP contribution in [0.1, 0.15) is 6.42 Å². The molecule has 0 saturated carbocycles. The fourth-order valence-corrected chi connectivity index (χ4v) is 2.87. The van der Waals surface area contributed by atoms with Gasteiger partial charge in [0.1, 0.15) is 0 Å².